The molecule has 1 saturated heterocycles. The Labute approximate surface area is 120 Å². The van der Waals surface area contributed by atoms with Crippen molar-refractivity contribution in [2.24, 2.45) is 0 Å². The van der Waals surface area contributed by atoms with Crippen LogP contribution in [0.5, 0.6) is 5.75 Å². The van der Waals surface area contributed by atoms with Crippen molar-refractivity contribution in [2.45, 2.75) is 38.2 Å². The molecule has 0 saturated carbocycles. The number of amides is 1. The number of nitrogens with one attached hydrogen (secondary N) is 2. The lowest BCUT2D eigenvalue weighted by Gasteiger charge is -2.23. The molecule has 1 aromatic rings. The summed E-state index contributed by atoms with van der Waals surface area (Å²) >= 11 is 0. The molecule has 0 aliphatic carbocycles. The molecule has 1 amide bonds. The zero-order valence-corrected chi connectivity index (χ0v) is 11.6. The summed E-state index contributed by atoms with van der Waals surface area (Å²) in [5.41, 5.74) is 0.152. The van der Waals surface area contributed by atoms with Crippen LogP contribution in [0.3, 0.4) is 0 Å². The van der Waals surface area contributed by atoms with E-state index in [2.05, 4.69) is 15.4 Å². The Morgan fingerprint density at radius 2 is 2.05 bits per heavy atom. The smallest absolute Gasteiger partial charge is 0.406 e. The number of carbonyl (C=O) groups is 1. The molecule has 1 aliphatic heterocycles. The molecule has 0 bridgehead atoms. The SMILES string of the molecule is CC1(C(=O)NCc2ccc(OC(F)(F)F)cc2)CCCN1. The van der Waals surface area contributed by atoms with Gasteiger partial charge in [0.05, 0.1) is 5.54 Å². The minimum absolute atomic E-state index is 0.101. The third-order valence-corrected chi connectivity index (χ3v) is 3.48. The maximum atomic E-state index is 12.0. The van der Waals surface area contributed by atoms with Crippen LogP contribution in [0.2, 0.25) is 0 Å². The summed E-state index contributed by atoms with van der Waals surface area (Å²) in [5, 5.41) is 5.93. The maximum absolute atomic E-state index is 12.0. The van der Waals surface area contributed by atoms with Gasteiger partial charge in [-0.1, -0.05) is 12.1 Å². The average Bonchev–Trinajstić information content (AvgIpc) is 2.84. The fourth-order valence-electron chi connectivity index (χ4n) is 2.27. The summed E-state index contributed by atoms with van der Waals surface area (Å²) < 4.78 is 39.9. The van der Waals surface area contributed by atoms with Crippen LogP contribution in [0.4, 0.5) is 13.2 Å². The van der Waals surface area contributed by atoms with E-state index in [4.69, 9.17) is 0 Å². The molecule has 1 atom stereocenters. The second kappa shape index (κ2) is 5.93. The predicted octanol–water partition coefficient (Wildman–Crippen LogP) is 2.34. The van der Waals surface area contributed by atoms with E-state index in [1.165, 1.54) is 24.3 Å². The molecule has 0 aromatic heterocycles. The van der Waals surface area contributed by atoms with E-state index in [0.29, 0.717) is 5.56 Å². The quantitative estimate of drug-likeness (QED) is 0.897. The molecule has 1 aromatic carbocycles. The number of ether oxygens (including phenoxy) is 1. The molecule has 1 aliphatic rings. The highest BCUT2D eigenvalue weighted by Gasteiger charge is 2.35. The van der Waals surface area contributed by atoms with E-state index in [9.17, 15) is 18.0 Å². The zero-order valence-electron chi connectivity index (χ0n) is 11.6. The van der Waals surface area contributed by atoms with Crippen molar-refractivity contribution >= 4 is 5.91 Å². The minimum atomic E-state index is -4.70. The molecule has 0 spiro atoms. The Morgan fingerprint density at radius 3 is 2.57 bits per heavy atom. The van der Waals surface area contributed by atoms with Crippen molar-refractivity contribution in [2.75, 3.05) is 6.54 Å². The predicted molar refractivity (Wildman–Crippen MR) is 70.6 cm³/mol. The summed E-state index contributed by atoms with van der Waals surface area (Å²) in [6.45, 7) is 2.92. The lowest BCUT2D eigenvalue weighted by Crippen LogP contribution is -2.50. The van der Waals surface area contributed by atoms with Crippen LogP contribution in [0.15, 0.2) is 24.3 Å². The van der Waals surface area contributed by atoms with Crippen LogP contribution >= 0.6 is 0 Å². The van der Waals surface area contributed by atoms with Gasteiger partial charge in [0.2, 0.25) is 5.91 Å². The lowest BCUT2D eigenvalue weighted by atomic mass is 9.99. The van der Waals surface area contributed by atoms with Gasteiger partial charge < -0.3 is 15.4 Å². The molecule has 0 radical (unpaired) electrons. The van der Waals surface area contributed by atoms with Gasteiger partial charge in [0.25, 0.3) is 0 Å². The van der Waals surface area contributed by atoms with Crippen LogP contribution < -0.4 is 15.4 Å². The Bertz CT molecular complexity index is 494. The highest BCUT2D eigenvalue weighted by Crippen LogP contribution is 2.23. The number of benzene rings is 1. The molecular formula is C14H17F3N2O2. The van der Waals surface area contributed by atoms with E-state index in [1.807, 2.05) is 6.92 Å². The number of carbonyl (C=O) groups excluding carboxylic acids is 1. The van der Waals surface area contributed by atoms with Crippen molar-refractivity contribution in [1.82, 2.24) is 10.6 Å². The Hall–Kier alpha value is -1.76. The first kappa shape index (κ1) is 15.6. The fraction of sp³-hybridized carbons (Fsp3) is 0.500. The number of alkyl halides is 3. The van der Waals surface area contributed by atoms with Crippen LogP contribution in [0.25, 0.3) is 0 Å². The number of rotatable bonds is 4. The van der Waals surface area contributed by atoms with Crippen molar-refractivity contribution < 1.29 is 22.7 Å². The molecule has 1 unspecified atom stereocenters. The highest BCUT2D eigenvalue weighted by molar-refractivity contribution is 5.86. The zero-order chi connectivity index (χ0) is 15.5. The maximum Gasteiger partial charge on any atom is 0.573 e. The number of hydrogen-bond acceptors (Lipinski definition) is 3. The molecule has 4 nitrogen and oxygen atoms in total. The van der Waals surface area contributed by atoms with Crippen LogP contribution in [0.1, 0.15) is 25.3 Å². The summed E-state index contributed by atoms with van der Waals surface area (Å²) in [6, 6.07) is 5.44. The topological polar surface area (TPSA) is 50.4 Å². The third-order valence-electron chi connectivity index (χ3n) is 3.48. The van der Waals surface area contributed by atoms with Crippen molar-refractivity contribution in [1.29, 1.82) is 0 Å². The minimum Gasteiger partial charge on any atom is -0.406 e. The highest BCUT2D eigenvalue weighted by atomic mass is 19.4. The first-order chi connectivity index (χ1) is 9.78. The second-order valence-electron chi connectivity index (χ2n) is 5.24. The standard InChI is InChI=1S/C14H17F3N2O2/c1-13(7-2-8-19-13)12(20)18-9-10-3-5-11(6-4-10)21-14(15,16)17/h3-6,19H,2,7-9H2,1H3,(H,18,20). The van der Waals surface area contributed by atoms with Crippen molar-refractivity contribution in [3.05, 3.63) is 29.8 Å². The lowest BCUT2D eigenvalue weighted by molar-refractivity contribution is -0.274. The second-order valence-corrected chi connectivity index (χ2v) is 5.24. The largest absolute Gasteiger partial charge is 0.573 e. The molecule has 1 fully saturated rings. The van der Waals surface area contributed by atoms with Crippen LogP contribution in [-0.4, -0.2) is 24.4 Å². The first-order valence-electron chi connectivity index (χ1n) is 6.66. The van der Waals surface area contributed by atoms with Gasteiger partial charge in [-0.05, 0) is 44.0 Å². The molecular weight excluding hydrogens is 285 g/mol. The van der Waals surface area contributed by atoms with E-state index >= 15 is 0 Å². The van der Waals surface area contributed by atoms with Gasteiger partial charge in [0.1, 0.15) is 5.75 Å². The summed E-state index contributed by atoms with van der Waals surface area (Å²) in [4.78, 5) is 12.0. The third kappa shape index (κ3) is 4.35. The first-order valence-corrected chi connectivity index (χ1v) is 6.66. The average molecular weight is 302 g/mol. The van der Waals surface area contributed by atoms with Crippen molar-refractivity contribution in [3.8, 4) is 5.75 Å². The summed E-state index contributed by atoms with van der Waals surface area (Å²) in [6.07, 6.45) is -2.97. The molecule has 2 N–H and O–H groups in total. The van der Waals surface area contributed by atoms with Gasteiger partial charge in [0, 0.05) is 6.54 Å². The van der Waals surface area contributed by atoms with E-state index in [1.54, 1.807) is 0 Å². The molecule has 1 heterocycles. The Morgan fingerprint density at radius 1 is 1.38 bits per heavy atom. The van der Waals surface area contributed by atoms with E-state index in [-0.39, 0.29) is 18.2 Å². The van der Waals surface area contributed by atoms with Gasteiger partial charge >= 0.3 is 6.36 Å². The van der Waals surface area contributed by atoms with E-state index in [0.717, 1.165) is 19.4 Å². The Balaban J connectivity index is 1.87. The fourth-order valence-corrected chi connectivity index (χ4v) is 2.27. The summed E-state index contributed by atoms with van der Waals surface area (Å²) in [5.74, 6) is -0.377. The molecule has 21 heavy (non-hydrogen) atoms. The van der Waals surface area contributed by atoms with Gasteiger partial charge in [-0.3, -0.25) is 4.79 Å². The number of halogens is 3. The van der Waals surface area contributed by atoms with Gasteiger partial charge in [-0.25, -0.2) is 0 Å². The monoisotopic (exact) mass is 302 g/mol. The molecule has 116 valence electrons. The Kier molecular flexibility index (Phi) is 4.41. The molecule has 7 heteroatoms. The normalized spacial score (nSPS) is 22.1. The van der Waals surface area contributed by atoms with Gasteiger partial charge in [0.15, 0.2) is 0 Å². The van der Waals surface area contributed by atoms with Crippen molar-refractivity contribution in [3.63, 3.8) is 0 Å². The van der Waals surface area contributed by atoms with Crippen LogP contribution in [-0.2, 0) is 11.3 Å². The van der Waals surface area contributed by atoms with Gasteiger partial charge in [-0.2, -0.15) is 0 Å². The molecule has 2 rings (SSSR count). The van der Waals surface area contributed by atoms with E-state index < -0.39 is 11.9 Å². The van der Waals surface area contributed by atoms with Crippen LogP contribution in [0, 0.1) is 0 Å². The number of hydrogen-bond donors (Lipinski definition) is 2. The summed E-state index contributed by atoms with van der Waals surface area (Å²) in [7, 11) is 0. The van der Waals surface area contributed by atoms with Gasteiger partial charge in [-0.15, -0.1) is 13.2 Å².